The van der Waals surface area contributed by atoms with Gasteiger partial charge in [-0.1, -0.05) is 11.3 Å². The third kappa shape index (κ3) is 3.71. The normalized spacial score (nSPS) is 11.9. The number of thiazole rings is 1. The number of aryl methyl sites for hydroxylation is 2. The molecule has 1 aromatic heterocycles. The summed E-state index contributed by atoms with van der Waals surface area (Å²) >= 11 is 1.52. The molecule has 0 bridgehead atoms. The zero-order chi connectivity index (χ0) is 18.7. The molecule has 1 amide bonds. The number of carbonyl (C=O) groups excluding carboxylic acids is 1. The van der Waals surface area contributed by atoms with E-state index in [2.05, 4.69) is 35.5 Å². The van der Waals surface area contributed by atoms with E-state index in [1.54, 1.807) is 38.5 Å². The van der Waals surface area contributed by atoms with E-state index in [9.17, 15) is 4.79 Å². The number of benzene rings is 2. The summed E-state index contributed by atoms with van der Waals surface area (Å²) in [5.41, 5.74) is 4.06. The zero-order valence-electron chi connectivity index (χ0n) is 15.4. The molecule has 3 aromatic rings. The largest absolute Gasteiger partial charge is 0.497 e. The van der Waals surface area contributed by atoms with Gasteiger partial charge in [-0.2, -0.15) is 4.99 Å². The van der Waals surface area contributed by atoms with Crippen LogP contribution in [-0.4, -0.2) is 31.3 Å². The van der Waals surface area contributed by atoms with Gasteiger partial charge in [0.15, 0.2) is 4.80 Å². The van der Waals surface area contributed by atoms with Gasteiger partial charge >= 0.3 is 0 Å². The maximum Gasteiger partial charge on any atom is 0.279 e. The highest BCUT2D eigenvalue weighted by molar-refractivity contribution is 7.16. The molecular weight excluding hydrogens is 348 g/mol. The Labute approximate surface area is 156 Å². The molecule has 1 heterocycles. The number of methoxy groups -OCH3 is 2. The molecule has 0 saturated heterocycles. The molecule has 3 rings (SSSR count). The molecule has 136 valence electrons. The second kappa shape index (κ2) is 7.85. The summed E-state index contributed by atoms with van der Waals surface area (Å²) in [6.45, 7) is 5.39. The van der Waals surface area contributed by atoms with Gasteiger partial charge in [0, 0.05) is 19.2 Å². The van der Waals surface area contributed by atoms with Crippen molar-refractivity contribution >= 4 is 27.5 Å². The average molecular weight is 370 g/mol. The van der Waals surface area contributed by atoms with Gasteiger partial charge in [-0.15, -0.1) is 0 Å². The monoisotopic (exact) mass is 370 g/mol. The highest BCUT2D eigenvalue weighted by Gasteiger charge is 2.11. The lowest BCUT2D eigenvalue weighted by atomic mass is 10.1. The highest BCUT2D eigenvalue weighted by atomic mass is 32.1. The minimum Gasteiger partial charge on any atom is -0.497 e. The van der Waals surface area contributed by atoms with Crippen LogP contribution in [0.3, 0.4) is 0 Å². The van der Waals surface area contributed by atoms with Crippen LogP contribution in [-0.2, 0) is 11.3 Å². The first kappa shape index (κ1) is 18.4. The molecule has 0 atom stereocenters. The highest BCUT2D eigenvalue weighted by Crippen LogP contribution is 2.22. The van der Waals surface area contributed by atoms with Crippen molar-refractivity contribution in [2.75, 3.05) is 20.8 Å². The summed E-state index contributed by atoms with van der Waals surface area (Å²) < 4.78 is 13.5. The van der Waals surface area contributed by atoms with Crippen LogP contribution in [0, 0.1) is 13.8 Å². The van der Waals surface area contributed by atoms with Gasteiger partial charge in [-0.25, -0.2) is 0 Å². The summed E-state index contributed by atoms with van der Waals surface area (Å²) in [6.07, 6.45) is 0. The summed E-state index contributed by atoms with van der Waals surface area (Å²) in [5.74, 6) is 0.448. The molecule has 0 fully saturated rings. The third-order valence-corrected chi connectivity index (χ3v) is 5.39. The number of carbonyl (C=O) groups is 1. The number of amides is 1. The van der Waals surface area contributed by atoms with Crippen LogP contribution in [0.4, 0.5) is 0 Å². The van der Waals surface area contributed by atoms with E-state index < -0.39 is 0 Å². The lowest BCUT2D eigenvalue weighted by Gasteiger charge is -2.06. The molecule has 0 saturated carbocycles. The Morgan fingerprint density at radius 3 is 2.46 bits per heavy atom. The van der Waals surface area contributed by atoms with Crippen molar-refractivity contribution in [3.63, 3.8) is 0 Å². The Kier molecular flexibility index (Phi) is 5.54. The topological polar surface area (TPSA) is 52.8 Å². The fourth-order valence-corrected chi connectivity index (χ4v) is 3.82. The Morgan fingerprint density at radius 1 is 1.12 bits per heavy atom. The quantitative estimate of drug-likeness (QED) is 0.688. The number of ether oxygens (including phenoxy) is 2. The van der Waals surface area contributed by atoms with E-state index in [0.717, 1.165) is 10.2 Å². The molecule has 5 nitrogen and oxygen atoms in total. The second-order valence-corrected chi connectivity index (χ2v) is 7.09. The fourth-order valence-electron chi connectivity index (χ4n) is 2.69. The van der Waals surface area contributed by atoms with Crippen molar-refractivity contribution in [3.05, 3.63) is 57.9 Å². The van der Waals surface area contributed by atoms with E-state index >= 15 is 0 Å². The first-order valence-corrected chi connectivity index (χ1v) is 9.17. The molecular formula is C20H22N2O3S. The Balaban J connectivity index is 2.09. The molecule has 0 spiro atoms. The molecule has 0 aliphatic rings. The van der Waals surface area contributed by atoms with Crippen LogP contribution in [0.1, 0.15) is 21.5 Å². The zero-order valence-corrected chi connectivity index (χ0v) is 16.2. The maximum atomic E-state index is 12.6. The maximum absolute atomic E-state index is 12.6. The fraction of sp³-hybridized carbons (Fsp3) is 0.300. The predicted molar refractivity (Wildman–Crippen MR) is 104 cm³/mol. The predicted octanol–water partition coefficient (Wildman–Crippen LogP) is 3.72. The van der Waals surface area contributed by atoms with Crippen molar-refractivity contribution in [1.29, 1.82) is 0 Å². The molecule has 0 radical (unpaired) electrons. The minimum absolute atomic E-state index is 0.265. The molecule has 0 aliphatic heterocycles. The van der Waals surface area contributed by atoms with Gasteiger partial charge in [-0.3, -0.25) is 4.79 Å². The van der Waals surface area contributed by atoms with Gasteiger partial charge in [0.25, 0.3) is 5.91 Å². The van der Waals surface area contributed by atoms with Crippen LogP contribution in [0.2, 0.25) is 0 Å². The van der Waals surface area contributed by atoms with Gasteiger partial charge in [-0.05, 0) is 61.4 Å². The smallest absolute Gasteiger partial charge is 0.279 e. The third-order valence-electron chi connectivity index (χ3n) is 4.35. The molecule has 26 heavy (non-hydrogen) atoms. The van der Waals surface area contributed by atoms with Gasteiger partial charge in [0.05, 0.1) is 23.9 Å². The average Bonchev–Trinajstić information content (AvgIpc) is 2.96. The van der Waals surface area contributed by atoms with Crippen molar-refractivity contribution in [3.8, 4) is 5.75 Å². The van der Waals surface area contributed by atoms with E-state index in [4.69, 9.17) is 9.47 Å². The number of rotatable bonds is 5. The summed E-state index contributed by atoms with van der Waals surface area (Å²) in [5, 5.41) is 0. The number of hydrogen-bond donors (Lipinski definition) is 0. The lowest BCUT2D eigenvalue weighted by molar-refractivity contribution is 0.0997. The summed E-state index contributed by atoms with van der Waals surface area (Å²) in [6, 6.07) is 11.3. The van der Waals surface area contributed by atoms with Gasteiger partial charge in [0.2, 0.25) is 0 Å². The van der Waals surface area contributed by atoms with Crippen LogP contribution in [0.15, 0.2) is 41.4 Å². The molecule has 0 unspecified atom stereocenters. The van der Waals surface area contributed by atoms with Crippen molar-refractivity contribution in [2.24, 2.45) is 4.99 Å². The van der Waals surface area contributed by atoms with Crippen LogP contribution >= 0.6 is 11.3 Å². The van der Waals surface area contributed by atoms with Crippen LogP contribution in [0.25, 0.3) is 10.2 Å². The van der Waals surface area contributed by atoms with Crippen molar-refractivity contribution in [2.45, 2.75) is 20.4 Å². The number of aromatic nitrogens is 1. The number of fused-ring (bicyclic) bond motifs is 1. The molecule has 2 aromatic carbocycles. The van der Waals surface area contributed by atoms with E-state index in [-0.39, 0.29) is 5.91 Å². The lowest BCUT2D eigenvalue weighted by Crippen LogP contribution is -2.19. The van der Waals surface area contributed by atoms with E-state index in [0.29, 0.717) is 29.3 Å². The standard InChI is InChI=1S/C20H22N2O3S/c1-13-11-17-18(12-14(13)2)26-20(22(17)9-10-24-3)21-19(23)15-5-7-16(25-4)8-6-15/h5-8,11-12H,9-10H2,1-4H3. The SMILES string of the molecule is COCCn1c(=NC(=O)c2ccc(OC)cc2)sc2cc(C)c(C)cc21. The van der Waals surface area contributed by atoms with Crippen molar-refractivity contribution in [1.82, 2.24) is 4.57 Å². The summed E-state index contributed by atoms with van der Waals surface area (Å²) in [7, 11) is 3.27. The first-order chi connectivity index (χ1) is 12.5. The summed E-state index contributed by atoms with van der Waals surface area (Å²) in [4.78, 5) is 17.7. The Morgan fingerprint density at radius 2 is 1.81 bits per heavy atom. The number of nitrogens with zero attached hydrogens (tertiary/aromatic N) is 2. The minimum atomic E-state index is -0.265. The van der Waals surface area contributed by atoms with Crippen LogP contribution < -0.4 is 9.54 Å². The molecule has 0 N–H and O–H groups in total. The number of hydrogen-bond acceptors (Lipinski definition) is 4. The Hall–Kier alpha value is -2.44. The molecule has 0 aliphatic carbocycles. The first-order valence-electron chi connectivity index (χ1n) is 8.36. The van der Waals surface area contributed by atoms with Gasteiger partial charge in [0.1, 0.15) is 5.75 Å². The molecule has 6 heteroatoms. The van der Waals surface area contributed by atoms with Crippen LogP contribution in [0.5, 0.6) is 5.75 Å². The second-order valence-electron chi connectivity index (χ2n) is 6.08. The van der Waals surface area contributed by atoms with E-state index in [1.807, 2.05) is 0 Å². The van der Waals surface area contributed by atoms with Gasteiger partial charge < -0.3 is 14.0 Å². The Bertz CT molecular complexity index is 1000. The van der Waals surface area contributed by atoms with E-state index in [1.165, 1.54) is 22.5 Å². The van der Waals surface area contributed by atoms with Crippen molar-refractivity contribution < 1.29 is 14.3 Å².